The van der Waals surface area contributed by atoms with Gasteiger partial charge in [-0.1, -0.05) is 23.7 Å². The molecule has 3 heterocycles. The Balaban J connectivity index is 1.43. The van der Waals surface area contributed by atoms with E-state index in [1.54, 1.807) is 47.2 Å². The molecule has 5 rings (SSSR count). The lowest BCUT2D eigenvalue weighted by Crippen LogP contribution is -2.15. The Hall–Kier alpha value is -4.03. The lowest BCUT2D eigenvalue weighted by molar-refractivity contribution is -0.137. The Labute approximate surface area is 207 Å². The van der Waals surface area contributed by atoms with Crippen LogP contribution < -0.4 is 4.72 Å². The third-order valence-corrected chi connectivity index (χ3v) is 7.03. The molecule has 0 amide bonds. The number of alkyl halides is 3. The van der Waals surface area contributed by atoms with Crippen LogP contribution in [0.25, 0.3) is 28.3 Å². The smallest absolute Gasteiger partial charge is 0.280 e. The molecular weight excluding hydrogens is 517 g/mol. The summed E-state index contributed by atoms with van der Waals surface area (Å²) in [6.07, 6.45) is -1.43. The number of nitrogens with zero attached hydrogens (tertiary/aromatic N) is 5. The van der Waals surface area contributed by atoms with Crippen molar-refractivity contribution in [1.29, 1.82) is 0 Å². The normalized spacial score (nSPS) is 12.1. The number of hydrogen-bond acceptors (Lipinski definition) is 6. The quantitative estimate of drug-likeness (QED) is 0.330. The van der Waals surface area contributed by atoms with Crippen molar-refractivity contribution in [1.82, 2.24) is 24.8 Å². The van der Waals surface area contributed by atoms with Crippen molar-refractivity contribution in [3.63, 3.8) is 0 Å². The summed E-state index contributed by atoms with van der Waals surface area (Å²) in [6, 6.07) is 15.4. The van der Waals surface area contributed by atoms with E-state index in [4.69, 9.17) is 11.6 Å². The van der Waals surface area contributed by atoms with E-state index < -0.39 is 26.7 Å². The standard InChI is InChI=1S/C23H14ClF3N6O2S/c24-18-8-5-16(23(25,26)27)12-20(18)36(34,35)32-17-6-3-14(4-7-17)19-9-10-21-29-30-22(33(21)31-19)15-2-1-11-28-13-15/h1-13,32H. The molecule has 0 saturated carbocycles. The minimum Gasteiger partial charge on any atom is -0.280 e. The lowest BCUT2D eigenvalue weighted by atomic mass is 10.1. The van der Waals surface area contributed by atoms with E-state index >= 15 is 0 Å². The highest BCUT2D eigenvalue weighted by Crippen LogP contribution is 2.34. The van der Waals surface area contributed by atoms with Crippen LogP contribution in [0.5, 0.6) is 0 Å². The maximum Gasteiger partial charge on any atom is 0.416 e. The summed E-state index contributed by atoms with van der Waals surface area (Å²) in [5.74, 6) is 0.502. The summed E-state index contributed by atoms with van der Waals surface area (Å²) < 4.78 is 68.4. The molecule has 0 atom stereocenters. The molecule has 3 aromatic heterocycles. The molecule has 1 N–H and O–H groups in total. The van der Waals surface area contributed by atoms with Gasteiger partial charge in [-0.15, -0.1) is 10.2 Å². The van der Waals surface area contributed by atoms with Crippen molar-refractivity contribution in [2.45, 2.75) is 11.1 Å². The molecule has 0 saturated heterocycles. The number of nitrogens with one attached hydrogen (secondary N) is 1. The maximum absolute atomic E-state index is 13.0. The first-order chi connectivity index (χ1) is 17.1. The predicted octanol–water partition coefficient (Wildman–Crippen LogP) is 5.33. The Morgan fingerprint density at radius 1 is 0.917 bits per heavy atom. The first kappa shape index (κ1) is 23.7. The van der Waals surface area contributed by atoms with E-state index in [2.05, 4.69) is 25.0 Å². The molecule has 0 radical (unpaired) electrons. The molecule has 0 fully saturated rings. The molecule has 0 aliphatic rings. The van der Waals surface area contributed by atoms with E-state index in [-0.39, 0.29) is 10.7 Å². The van der Waals surface area contributed by atoms with Crippen LogP contribution in [0.2, 0.25) is 5.02 Å². The van der Waals surface area contributed by atoms with Crippen LogP contribution in [0.4, 0.5) is 18.9 Å². The van der Waals surface area contributed by atoms with Crippen molar-refractivity contribution in [3.05, 3.63) is 89.7 Å². The predicted molar refractivity (Wildman–Crippen MR) is 127 cm³/mol. The second-order valence-electron chi connectivity index (χ2n) is 7.58. The third kappa shape index (κ3) is 4.60. The van der Waals surface area contributed by atoms with Crippen LogP contribution >= 0.6 is 11.6 Å². The van der Waals surface area contributed by atoms with Crippen molar-refractivity contribution in [2.75, 3.05) is 4.72 Å². The highest BCUT2D eigenvalue weighted by molar-refractivity contribution is 7.92. The van der Waals surface area contributed by atoms with Gasteiger partial charge in [0.25, 0.3) is 10.0 Å². The number of rotatable bonds is 5. The molecule has 36 heavy (non-hydrogen) atoms. The minimum atomic E-state index is -4.72. The summed E-state index contributed by atoms with van der Waals surface area (Å²) >= 11 is 5.89. The number of aromatic nitrogens is 5. The fourth-order valence-electron chi connectivity index (χ4n) is 3.42. The van der Waals surface area contributed by atoms with E-state index in [0.29, 0.717) is 28.8 Å². The van der Waals surface area contributed by atoms with Crippen molar-refractivity contribution >= 4 is 33.0 Å². The van der Waals surface area contributed by atoms with Crippen molar-refractivity contribution in [2.24, 2.45) is 0 Å². The molecule has 0 unspecified atom stereocenters. The van der Waals surface area contributed by atoms with Gasteiger partial charge < -0.3 is 0 Å². The zero-order chi connectivity index (χ0) is 25.5. The maximum atomic E-state index is 13.0. The minimum absolute atomic E-state index is 0.133. The van der Waals surface area contributed by atoms with Crippen LogP contribution in [0.1, 0.15) is 5.56 Å². The summed E-state index contributed by atoms with van der Waals surface area (Å²) in [6.45, 7) is 0. The fraction of sp³-hybridized carbons (Fsp3) is 0.0435. The van der Waals surface area contributed by atoms with E-state index in [0.717, 1.165) is 17.7 Å². The highest BCUT2D eigenvalue weighted by Gasteiger charge is 2.32. The molecule has 0 bridgehead atoms. The summed E-state index contributed by atoms with van der Waals surface area (Å²) in [5.41, 5.74) is 1.48. The van der Waals surface area contributed by atoms with Gasteiger partial charge in [0.1, 0.15) is 4.90 Å². The second kappa shape index (κ2) is 8.88. The van der Waals surface area contributed by atoms with Crippen LogP contribution in [0, 0.1) is 0 Å². The molecule has 0 aliphatic carbocycles. The van der Waals surface area contributed by atoms with Gasteiger partial charge in [-0.3, -0.25) is 9.71 Å². The average Bonchev–Trinajstić information content (AvgIpc) is 3.27. The van der Waals surface area contributed by atoms with E-state index in [1.165, 1.54) is 12.1 Å². The van der Waals surface area contributed by atoms with Crippen LogP contribution in [-0.4, -0.2) is 33.2 Å². The Morgan fingerprint density at radius 2 is 1.69 bits per heavy atom. The van der Waals surface area contributed by atoms with Crippen LogP contribution in [-0.2, 0) is 16.2 Å². The topological polar surface area (TPSA) is 102 Å². The molecule has 13 heteroatoms. The molecule has 5 aromatic rings. The molecule has 0 aliphatic heterocycles. The summed E-state index contributed by atoms with van der Waals surface area (Å²) in [7, 11) is -4.39. The van der Waals surface area contributed by atoms with Gasteiger partial charge in [0.15, 0.2) is 11.5 Å². The highest BCUT2D eigenvalue weighted by atomic mass is 35.5. The first-order valence-electron chi connectivity index (χ1n) is 10.2. The van der Waals surface area contributed by atoms with Gasteiger partial charge in [0.2, 0.25) is 0 Å². The number of pyridine rings is 1. The molecule has 8 nitrogen and oxygen atoms in total. The number of benzene rings is 2. The van der Waals surface area contributed by atoms with Crippen molar-refractivity contribution < 1.29 is 21.6 Å². The third-order valence-electron chi connectivity index (χ3n) is 5.16. The van der Waals surface area contributed by atoms with Crippen LogP contribution in [0.15, 0.2) is 84.0 Å². The van der Waals surface area contributed by atoms with Gasteiger partial charge in [-0.25, -0.2) is 8.42 Å². The Kier molecular flexibility index (Phi) is 5.85. The van der Waals surface area contributed by atoms with Crippen molar-refractivity contribution in [3.8, 4) is 22.6 Å². The fourth-order valence-corrected chi connectivity index (χ4v) is 5.01. The van der Waals surface area contributed by atoms with Crippen LogP contribution in [0.3, 0.4) is 0 Å². The zero-order valence-corrected chi connectivity index (χ0v) is 19.6. The Bertz CT molecular complexity index is 1670. The van der Waals surface area contributed by atoms with Gasteiger partial charge in [-0.2, -0.15) is 22.8 Å². The summed E-state index contributed by atoms with van der Waals surface area (Å²) in [5, 5.41) is 12.5. The average molecular weight is 531 g/mol. The van der Waals surface area contributed by atoms with E-state index in [9.17, 15) is 21.6 Å². The van der Waals surface area contributed by atoms with E-state index in [1.807, 2.05) is 6.07 Å². The molecule has 2 aromatic carbocycles. The molecule has 0 spiro atoms. The zero-order valence-electron chi connectivity index (χ0n) is 18.0. The number of fused-ring (bicyclic) bond motifs is 1. The number of anilines is 1. The largest absolute Gasteiger partial charge is 0.416 e. The van der Waals surface area contributed by atoms with Gasteiger partial charge >= 0.3 is 6.18 Å². The monoisotopic (exact) mass is 530 g/mol. The van der Waals surface area contributed by atoms with Gasteiger partial charge in [0.05, 0.1) is 16.3 Å². The van der Waals surface area contributed by atoms with Gasteiger partial charge in [0, 0.05) is 29.2 Å². The first-order valence-corrected chi connectivity index (χ1v) is 12.1. The number of halogens is 4. The second-order valence-corrected chi connectivity index (χ2v) is 9.64. The SMILES string of the molecule is O=S(=O)(Nc1ccc(-c2ccc3nnc(-c4cccnc4)n3n2)cc1)c1cc(C(F)(F)F)ccc1Cl. The van der Waals surface area contributed by atoms with Gasteiger partial charge in [-0.05, 0) is 54.6 Å². The molecule has 182 valence electrons. The lowest BCUT2D eigenvalue weighted by Gasteiger charge is -2.13. The number of hydrogen-bond donors (Lipinski definition) is 1. The summed E-state index contributed by atoms with van der Waals surface area (Å²) in [4.78, 5) is 3.41. The Morgan fingerprint density at radius 3 is 2.39 bits per heavy atom. The number of sulfonamides is 1. The molecular formula is C23H14ClF3N6O2S.